The van der Waals surface area contributed by atoms with Crippen LogP contribution < -0.4 is 5.73 Å². The number of hydrogen-bond acceptors (Lipinski definition) is 4. The summed E-state index contributed by atoms with van der Waals surface area (Å²) in [5.74, 6) is 0. The molecule has 0 saturated carbocycles. The van der Waals surface area contributed by atoms with Crippen LogP contribution in [0.5, 0.6) is 0 Å². The molecule has 1 aliphatic rings. The lowest BCUT2D eigenvalue weighted by Gasteiger charge is -2.14. The van der Waals surface area contributed by atoms with Crippen LogP contribution in [0.1, 0.15) is 16.1 Å². The predicted octanol–water partition coefficient (Wildman–Crippen LogP) is 3.00. The molecule has 0 aliphatic carbocycles. The first-order valence-electron chi connectivity index (χ1n) is 5.41. The maximum Gasteiger partial charge on any atom is 0.180 e. The molecule has 0 fully saturated rings. The molecule has 0 unspecified atom stereocenters. The highest BCUT2D eigenvalue weighted by molar-refractivity contribution is 9.10. The Labute approximate surface area is 112 Å². The van der Waals surface area contributed by atoms with Gasteiger partial charge in [0.1, 0.15) is 0 Å². The number of halogens is 1. The summed E-state index contributed by atoms with van der Waals surface area (Å²) in [4.78, 5) is 8.05. The van der Waals surface area contributed by atoms with Gasteiger partial charge in [0.25, 0.3) is 0 Å². The number of aromatic nitrogens is 1. The van der Waals surface area contributed by atoms with E-state index >= 15 is 0 Å². The van der Waals surface area contributed by atoms with Crippen LogP contribution >= 0.6 is 27.3 Å². The predicted molar refractivity (Wildman–Crippen MR) is 73.6 cm³/mol. The van der Waals surface area contributed by atoms with E-state index in [1.54, 1.807) is 11.3 Å². The second-order valence-electron chi connectivity index (χ2n) is 4.19. The van der Waals surface area contributed by atoms with Crippen LogP contribution in [0.4, 0.5) is 5.13 Å². The number of nitrogens with two attached hydrogens (primary N) is 1. The molecule has 0 amide bonds. The molecule has 0 atom stereocenters. The van der Waals surface area contributed by atoms with Crippen molar-refractivity contribution in [3.05, 3.63) is 44.9 Å². The minimum atomic E-state index is 0.693. The number of benzene rings is 1. The van der Waals surface area contributed by atoms with Crippen LogP contribution in [0.2, 0.25) is 0 Å². The van der Waals surface area contributed by atoms with Crippen molar-refractivity contribution in [2.75, 3.05) is 5.73 Å². The summed E-state index contributed by atoms with van der Waals surface area (Å²) in [7, 11) is 0. The smallest absolute Gasteiger partial charge is 0.180 e. The van der Waals surface area contributed by atoms with E-state index in [9.17, 15) is 0 Å². The Hall–Kier alpha value is -0.910. The Bertz CT molecular complexity index is 512. The van der Waals surface area contributed by atoms with E-state index in [1.807, 2.05) is 0 Å². The van der Waals surface area contributed by atoms with Gasteiger partial charge in [-0.2, -0.15) is 0 Å². The number of hydrogen-bond donors (Lipinski definition) is 1. The molecular weight excluding hydrogens is 298 g/mol. The zero-order chi connectivity index (χ0) is 11.8. The van der Waals surface area contributed by atoms with Gasteiger partial charge in [0.05, 0.1) is 5.69 Å². The van der Waals surface area contributed by atoms with Gasteiger partial charge in [0.2, 0.25) is 0 Å². The highest BCUT2D eigenvalue weighted by atomic mass is 79.9. The van der Waals surface area contributed by atoms with E-state index in [2.05, 4.69) is 50.1 Å². The summed E-state index contributed by atoms with van der Waals surface area (Å²) in [6.45, 7) is 2.86. The molecule has 1 aromatic carbocycles. The third-order valence-electron chi connectivity index (χ3n) is 2.85. The van der Waals surface area contributed by atoms with Gasteiger partial charge in [0, 0.05) is 29.0 Å². The van der Waals surface area contributed by atoms with Crippen molar-refractivity contribution in [3.63, 3.8) is 0 Å². The molecule has 2 heterocycles. The van der Waals surface area contributed by atoms with Gasteiger partial charge in [-0.1, -0.05) is 28.1 Å². The van der Waals surface area contributed by atoms with E-state index in [0.717, 1.165) is 29.8 Å². The van der Waals surface area contributed by atoms with Crippen molar-refractivity contribution in [1.82, 2.24) is 9.88 Å². The first kappa shape index (κ1) is 11.2. The quantitative estimate of drug-likeness (QED) is 0.927. The molecular formula is C12H12BrN3S. The van der Waals surface area contributed by atoms with E-state index < -0.39 is 0 Å². The molecule has 3 nitrogen and oxygen atoms in total. The van der Waals surface area contributed by atoms with Gasteiger partial charge in [0.15, 0.2) is 5.13 Å². The number of nitrogens with zero attached hydrogens (tertiary/aromatic N) is 2. The maximum atomic E-state index is 5.69. The highest BCUT2D eigenvalue weighted by Crippen LogP contribution is 2.30. The monoisotopic (exact) mass is 309 g/mol. The fourth-order valence-electron chi connectivity index (χ4n) is 2.08. The van der Waals surface area contributed by atoms with Crippen LogP contribution in [-0.4, -0.2) is 9.88 Å². The van der Waals surface area contributed by atoms with Crippen LogP contribution in [-0.2, 0) is 19.6 Å². The van der Waals surface area contributed by atoms with E-state index in [1.165, 1.54) is 10.4 Å². The largest absolute Gasteiger partial charge is 0.375 e. The Balaban J connectivity index is 1.69. The zero-order valence-corrected chi connectivity index (χ0v) is 11.6. The second kappa shape index (κ2) is 4.40. The highest BCUT2D eigenvalue weighted by Gasteiger charge is 2.22. The lowest BCUT2D eigenvalue weighted by molar-refractivity contribution is 0.275. The van der Waals surface area contributed by atoms with Gasteiger partial charge in [-0.3, -0.25) is 4.90 Å². The minimum absolute atomic E-state index is 0.693. The molecule has 0 bridgehead atoms. The maximum absolute atomic E-state index is 5.69. The SMILES string of the molecule is Nc1nc2c(s1)CN(Cc1ccc(Br)cc1)C2. The average Bonchev–Trinajstić information content (AvgIpc) is 2.78. The molecule has 0 radical (unpaired) electrons. The fraction of sp³-hybridized carbons (Fsp3) is 0.250. The number of rotatable bonds is 2. The normalized spacial score (nSPS) is 15.1. The standard InChI is InChI=1S/C12H12BrN3S/c13-9-3-1-8(2-4-9)5-16-6-10-11(7-16)17-12(14)15-10/h1-4H,5-7H2,(H2,14,15). The summed E-state index contributed by atoms with van der Waals surface area (Å²) < 4.78 is 1.12. The zero-order valence-electron chi connectivity index (χ0n) is 9.19. The van der Waals surface area contributed by atoms with Crippen LogP contribution in [0.25, 0.3) is 0 Å². The number of nitrogen functional groups attached to an aromatic ring is 1. The Morgan fingerprint density at radius 1 is 1.29 bits per heavy atom. The first-order chi connectivity index (χ1) is 8.20. The van der Waals surface area contributed by atoms with Crippen LogP contribution in [0, 0.1) is 0 Å². The van der Waals surface area contributed by atoms with Gasteiger partial charge >= 0.3 is 0 Å². The van der Waals surface area contributed by atoms with Crippen molar-refractivity contribution < 1.29 is 0 Å². The number of thiazole rings is 1. The van der Waals surface area contributed by atoms with E-state index in [4.69, 9.17) is 5.73 Å². The average molecular weight is 310 g/mol. The lowest BCUT2D eigenvalue weighted by atomic mass is 10.2. The third-order valence-corrected chi connectivity index (χ3v) is 4.30. The van der Waals surface area contributed by atoms with Gasteiger partial charge < -0.3 is 5.73 Å². The van der Waals surface area contributed by atoms with Crippen LogP contribution in [0.3, 0.4) is 0 Å². The molecule has 88 valence electrons. The first-order valence-corrected chi connectivity index (χ1v) is 7.02. The van der Waals surface area contributed by atoms with Crippen LogP contribution in [0.15, 0.2) is 28.7 Å². The molecule has 0 spiro atoms. The van der Waals surface area contributed by atoms with E-state index in [0.29, 0.717) is 5.13 Å². The molecule has 1 aromatic heterocycles. The lowest BCUT2D eigenvalue weighted by Crippen LogP contribution is -2.15. The van der Waals surface area contributed by atoms with Crippen molar-refractivity contribution in [2.24, 2.45) is 0 Å². The van der Waals surface area contributed by atoms with E-state index in [-0.39, 0.29) is 0 Å². The van der Waals surface area contributed by atoms with Crippen molar-refractivity contribution in [1.29, 1.82) is 0 Å². The van der Waals surface area contributed by atoms with Crippen molar-refractivity contribution in [3.8, 4) is 0 Å². The second-order valence-corrected chi connectivity index (χ2v) is 6.22. The van der Waals surface area contributed by atoms with Gasteiger partial charge in [-0.15, -0.1) is 11.3 Å². The summed E-state index contributed by atoms with van der Waals surface area (Å²) >= 11 is 5.06. The topological polar surface area (TPSA) is 42.1 Å². The summed E-state index contributed by atoms with van der Waals surface area (Å²) in [6, 6.07) is 8.46. The summed E-state index contributed by atoms with van der Waals surface area (Å²) in [5, 5.41) is 0.693. The molecule has 17 heavy (non-hydrogen) atoms. The summed E-state index contributed by atoms with van der Waals surface area (Å²) in [5.41, 5.74) is 8.17. The molecule has 3 rings (SSSR count). The van der Waals surface area contributed by atoms with Gasteiger partial charge in [-0.05, 0) is 17.7 Å². The Kier molecular flexibility index (Phi) is 2.90. The van der Waals surface area contributed by atoms with Crippen molar-refractivity contribution in [2.45, 2.75) is 19.6 Å². The Morgan fingerprint density at radius 2 is 2.06 bits per heavy atom. The molecule has 2 N–H and O–H groups in total. The number of anilines is 1. The Morgan fingerprint density at radius 3 is 2.76 bits per heavy atom. The molecule has 0 saturated heterocycles. The number of fused-ring (bicyclic) bond motifs is 1. The molecule has 1 aliphatic heterocycles. The van der Waals surface area contributed by atoms with Gasteiger partial charge in [-0.25, -0.2) is 4.98 Å². The molecule has 5 heteroatoms. The fourth-order valence-corrected chi connectivity index (χ4v) is 3.23. The summed E-state index contributed by atoms with van der Waals surface area (Å²) in [6.07, 6.45) is 0. The van der Waals surface area contributed by atoms with Crippen molar-refractivity contribution >= 4 is 32.4 Å². The minimum Gasteiger partial charge on any atom is -0.375 e. The molecule has 2 aromatic rings. The third kappa shape index (κ3) is 2.36.